The summed E-state index contributed by atoms with van der Waals surface area (Å²) in [6.45, 7) is 0. The third-order valence-corrected chi connectivity index (χ3v) is 14.0. The zero-order valence-electron chi connectivity index (χ0n) is 35.0. The van der Waals surface area contributed by atoms with Crippen molar-refractivity contribution < 1.29 is 4.74 Å². The fourth-order valence-electron chi connectivity index (χ4n) is 11.5. The van der Waals surface area contributed by atoms with Gasteiger partial charge in [0.1, 0.15) is 11.5 Å². The maximum Gasteiger partial charge on any atom is 0.132 e. The van der Waals surface area contributed by atoms with Crippen LogP contribution in [0.1, 0.15) is 44.5 Å². The lowest BCUT2D eigenvalue weighted by molar-refractivity contribution is 0.436. The van der Waals surface area contributed by atoms with Crippen LogP contribution in [-0.2, 0) is 10.8 Å². The van der Waals surface area contributed by atoms with Gasteiger partial charge in [0.2, 0.25) is 0 Å². The van der Waals surface area contributed by atoms with E-state index in [9.17, 15) is 0 Å². The number of fused-ring (bicyclic) bond motifs is 12. The molecule has 0 saturated carbocycles. The molecule has 0 atom stereocenters. The van der Waals surface area contributed by atoms with Crippen molar-refractivity contribution in [2.45, 2.75) is 10.8 Å². The molecule has 10 aromatic carbocycles. The molecule has 3 aliphatic rings. The Labute approximate surface area is 374 Å². The summed E-state index contributed by atoms with van der Waals surface area (Å²) in [5.41, 5.74) is 19.4. The summed E-state index contributed by atoms with van der Waals surface area (Å²) in [6, 6.07) is 91.2. The monoisotopic (exact) mass is 815 g/mol. The molecular weight excluding hydrogens is 775 g/mol. The van der Waals surface area contributed by atoms with Crippen molar-refractivity contribution in [2.75, 3.05) is 4.90 Å². The van der Waals surface area contributed by atoms with Gasteiger partial charge < -0.3 is 9.64 Å². The van der Waals surface area contributed by atoms with E-state index in [2.05, 4.69) is 254 Å². The Morgan fingerprint density at radius 2 is 0.703 bits per heavy atom. The highest BCUT2D eigenvalue weighted by atomic mass is 16.5. The summed E-state index contributed by atoms with van der Waals surface area (Å²) in [4.78, 5) is 2.44. The molecule has 2 nitrogen and oxygen atoms in total. The number of hydrogen-bond acceptors (Lipinski definition) is 2. The van der Waals surface area contributed by atoms with Gasteiger partial charge in [-0.3, -0.25) is 0 Å². The van der Waals surface area contributed by atoms with Crippen LogP contribution >= 0.6 is 0 Å². The van der Waals surface area contributed by atoms with Gasteiger partial charge in [-0.1, -0.05) is 200 Å². The molecule has 0 unspecified atom stereocenters. The minimum absolute atomic E-state index is 0.540. The molecule has 300 valence electrons. The first-order valence-electron chi connectivity index (χ1n) is 22.2. The number of nitrogens with zero attached hydrogens (tertiary/aromatic N) is 1. The van der Waals surface area contributed by atoms with Gasteiger partial charge in [0.05, 0.1) is 10.8 Å². The molecule has 10 aromatic rings. The summed E-state index contributed by atoms with van der Waals surface area (Å²) >= 11 is 0. The first-order valence-corrected chi connectivity index (χ1v) is 22.2. The fraction of sp³-hybridized carbons (Fsp3) is 0.0323. The second-order valence-corrected chi connectivity index (χ2v) is 17.1. The minimum atomic E-state index is -0.591. The van der Waals surface area contributed by atoms with Crippen molar-refractivity contribution in [3.8, 4) is 44.9 Å². The van der Waals surface area contributed by atoms with E-state index < -0.39 is 10.8 Å². The molecule has 1 aliphatic heterocycles. The van der Waals surface area contributed by atoms with Crippen LogP contribution in [0.3, 0.4) is 0 Å². The Kier molecular flexibility index (Phi) is 8.07. The summed E-state index contributed by atoms with van der Waals surface area (Å²) < 4.78 is 6.90. The molecule has 0 amide bonds. The quantitative estimate of drug-likeness (QED) is 0.166. The zero-order valence-corrected chi connectivity index (χ0v) is 35.0. The van der Waals surface area contributed by atoms with Crippen LogP contribution in [-0.4, -0.2) is 0 Å². The van der Waals surface area contributed by atoms with Crippen LogP contribution < -0.4 is 9.64 Å². The van der Waals surface area contributed by atoms with Crippen molar-refractivity contribution in [1.29, 1.82) is 0 Å². The van der Waals surface area contributed by atoms with E-state index >= 15 is 0 Å². The minimum Gasteiger partial charge on any atom is -0.457 e. The summed E-state index contributed by atoms with van der Waals surface area (Å²) in [6.07, 6.45) is 0. The topological polar surface area (TPSA) is 12.5 Å². The van der Waals surface area contributed by atoms with E-state index in [0.29, 0.717) is 0 Å². The Morgan fingerprint density at radius 3 is 1.31 bits per heavy atom. The molecule has 2 heteroatoms. The van der Waals surface area contributed by atoms with Crippen molar-refractivity contribution in [3.63, 3.8) is 0 Å². The van der Waals surface area contributed by atoms with E-state index in [1.165, 1.54) is 66.8 Å². The molecule has 0 N–H and O–H groups in total. The number of ether oxygens (including phenoxy) is 1. The predicted molar refractivity (Wildman–Crippen MR) is 261 cm³/mol. The second kappa shape index (κ2) is 14.2. The molecule has 0 aromatic heterocycles. The van der Waals surface area contributed by atoms with Gasteiger partial charge in [-0.2, -0.15) is 0 Å². The van der Waals surface area contributed by atoms with E-state index in [-0.39, 0.29) is 0 Å². The zero-order chi connectivity index (χ0) is 42.2. The number of para-hydroxylation sites is 1. The standard InChI is InChI=1S/C62H41NO/c1-3-18-42(19-4-1)43-34-36-46(37-35-43)63(47-23-17-22-45(40-47)61(44-20-5-2-6-21-44)53-28-11-7-24-49(53)50-25-8-12-29-54(50)61)48-38-39-60-58(41-48)62(57-32-15-16-33-59(57)64-60)55-30-13-9-26-51(55)52-27-10-14-31-56(52)62/h1-41H. The number of rotatable bonds is 6. The van der Waals surface area contributed by atoms with Gasteiger partial charge in [-0.25, -0.2) is 0 Å². The van der Waals surface area contributed by atoms with Crippen molar-refractivity contribution in [3.05, 3.63) is 293 Å². The molecule has 2 aliphatic carbocycles. The first-order chi connectivity index (χ1) is 31.7. The van der Waals surface area contributed by atoms with E-state index in [1.54, 1.807) is 0 Å². The maximum absolute atomic E-state index is 6.90. The normalized spacial score (nSPS) is 14.0. The van der Waals surface area contributed by atoms with Gasteiger partial charge in [0.25, 0.3) is 0 Å². The van der Waals surface area contributed by atoms with Gasteiger partial charge >= 0.3 is 0 Å². The Morgan fingerprint density at radius 1 is 0.266 bits per heavy atom. The molecule has 0 bridgehead atoms. The van der Waals surface area contributed by atoms with Crippen LogP contribution in [0, 0.1) is 0 Å². The van der Waals surface area contributed by atoms with Crippen molar-refractivity contribution >= 4 is 17.1 Å². The van der Waals surface area contributed by atoms with Gasteiger partial charge in [-0.15, -0.1) is 0 Å². The lowest BCUT2D eigenvalue weighted by Gasteiger charge is -2.40. The molecule has 0 saturated heterocycles. The van der Waals surface area contributed by atoms with Crippen LogP contribution in [0.4, 0.5) is 17.1 Å². The van der Waals surface area contributed by atoms with E-state index in [0.717, 1.165) is 39.7 Å². The number of anilines is 3. The van der Waals surface area contributed by atoms with Crippen molar-refractivity contribution in [2.24, 2.45) is 0 Å². The Balaban J connectivity index is 1.07. The Hall–Kier alpha value is -8.20. The predicted octanol–water partition coefficient (Wildman–Crippen LogP) is 15.7. The van der Waals surface area contributed by atoms with Gasteiger partial charge in [0, 0.05) is 28.2 Å². The highest BCUT2D eigenvalue weighted by Gasteiger charge is 2.51. The highest BCUT2D eigenvalue weighted by molar-refractivity contribution is 5.91. The van der Waals surface area contributed by atoms with Crippen LogP contribution in [0.5, 0.6) is 11.5 Å². The molecule has 0 radical (unpaired) electrons. The average Bonchev–Trinajstić information content (AvgIpc) is 3.84. The number of benzene rings is 10. The smallest absolute Gasteiger partial charge is 0.132 e. The van der Waals surface area contributed by atoms with E-state index in [1.807, 2.05) is 0 Å². The van der Waals surface area contributed by atoms with Gasteiger partial charge in [0.15, 0.2) is 0 Å². The van der Waals surface area contributed by atoms with Crippen LogP contribution in [0.15, 0.2) is 249 Å². The van der Waals surface area contributed by atoms with Crippen LogP contribution in [0.25, 0.3) is 33.4 Å². The van der Waals surface area contributed by atoms with E-state index in [4.69, 9.17) is 4.74 Å². The Bertz CT molecular complexity index is 3330. The highest BCUT2D eigenvalue weighted by Crippen LogP contribution is 2.63. The van der Waals surface area contributed by atoms with Crippen LogP contribution in [0.2, 0.25) is 0 Å². The molecule has 0 fully saturated rings. The average molecular weight is 816 g/mol. The van der Waals surface area contributed by atoms with Gasteiger partial charge in [-0.05, 0) is 115 Å². The first kappa shape index (κ1) is 36.5. The summed E-state index contributed by atoms with van der Waals surface area (Å²) in [5.74, 6) is 1.75. The second-order valence-electron chi connectivity index (χ2n) is 17.1. The molecule has 1 heterocycles. The largest absolute Gasteiger partial charge is 0.457 e. The third kappa shape index (κ3) is 5.08. The van der Waals surface area contributed by atoms with Crippen molar-refractivity contribution in [1.82, 2.24) is 0 Å². The maximum atomic E-state index is 6.90. The fourth-order valence-corrected chi connectivity index (χ4v) is 11.5. The lowest BCUT2D eigenvalue weighted by Crippen LogP contribution is -2.32. The molecule has 64 heavy (non-hydrogen) atoms. The molecule has 1 spiro atoms. The SMILES string of the molecule is c1ccc(-c2ccc(N(c3cccc(C4(c5ccccc5)c5ccccc5-c5ccccc54)c3)c3ccc4c(c3)C3(c5ccccc5O4)c4ccccc4-c4ccccc43)cc2)cc1. The molecule has 13 rings (SSSR count). The third-order valence-electron chi connectivity index (χ3n) is 14.0. The lowest BCUT2D eigenvalue weighted by atomic mass is 9.66. The summed E-state index contributed by atoms with van der Waals surface area (Å²) in [5, 5.41) is 0. The number of hydrogen-bond donors (Lipinski definition) is 0. The summed E-state index contributed by atoms with van der Waals surface area (Å²) in [7, 11) is 0. The molecular formula is C62H41NO.